The van der Waals surface area contributed by atoms with E-state index in [0.29, 0.717) is 16.5 Å². The van der Waals surface area contributed by atoms with Crippen LogP contribution in [0.15, 0.2) is 64.8 Å². The molecular weight excluding hydrogens is 390 g/mol. The first-order valence-electron chi connectivity index (χ1n) is 8.89. The molecule has 2 amide bonds. The van der Waals surface area contributed by atoms with Crippen LogP contribution in [0.5, 0.6) is 0 Å². The molecule has 0 fully saturated rings. The number of nitrogens with one attached hydrogen (secondary N) is 3. The maximum Gasteiger partial charge on any atom is 0.277 e. The molecule has 3 N–H and O–H groups in total. The molecule has 0 aliphatic rings. The van der Waals surface area contributed by atoms with Gasteiger partial charge in [0.25, 0.3) is 11.5 Å². The average molecular weight is 409 g/mol. The number of carbonyl (C=O) groups is 2. The molecule has 148 valence electrons. The Bertz CT molecular complexity index is 1050. The summed E-state index contributed by atoms with van der Waals surface area (Å²) in [5, 5.41) is 5.45. The minimum absolute atomic E-state index is 0.0126. The lowest BCUT2D eigenvalue weighted by Gasteiger charge is -2.12. The number of nitrogens with zero attached hydrogens (tertiary/aromatic N) is 2. The van der Waals surface area contributed by atoms with Crippen molar-refractivity contribution in [2.75, 3.05) is 10.6 Å². The second kappa shape index (κ2) is 9.65. The Morgan fingerprint density at radius 3 is 2.59 bits per heavy atom. The van der Waals surface area contributed by atoms with E-state index in [-0.39, 0.29) is 23.8 Å². The van der Waals surface area contributed by atoms with E-state index in [2.05, 4.69) is 25.6 Å². The molecular formula is C20H19N5O3S. The number of anilines is 2. The van der Waals surface area contributed by atoms with Gasteiger partial charge in [-0.3, -0.25) is 24.4 Å². The molecule has 0 atom stereocenters. The standard InChI is InChI=1S/C20H19N5O3S/c1-2-15(26)22-17-16(23-18(27)14-8-4-3-5-9-14)19(28)25-20(24-17)29-12-13-7-6-10-21-11-13/h3-11H,2,12H2,1H3,(H,23,27)(H2,22,24,25,26,28). The Hall–Kier alpha value is -3.46. The molecule has 3 aromatic rings. The van der Waals surface area contributed by atoms with Crippen LogP contribution >= 0.6 is 11.8 Å². The third-order valence-electron chi connectivity index (χ3n) is 3.85. The second-order valence-corrected chi connectivity index (χ2v) is 6.93. The van der Waals surface area contributed by atoms with Gasteiger partial charge in [0, 0.05) is 30.1 Å². The van der Waals surface area contributed by atoms with E-state index < -0.39 is 11.5 Å². The zero-order valence-corrected chi connectivity index (χ0v) is 16.5. The molecule has 0 aliphatic carbocycles. The highest BCUT2D eigenvalue weighted by molar-refractivity contribution is 7.98. The number of aromatic amines is 1. The van der Waals surface area contributed by atoms with Crippen LogP contribution in [0, 0.1) is 0 Å². The van der Waals surface area contributed by atoms with Gasteiger partial charge in [-0.1, -0.05) is 43.0 Å². The number of carbonyl (C=O) groups excluding carboxylic acids is 2. The van der Waals surface area contributed by atoms with Gasteiger partial charge in [-0.15, -0.1) is 0 Å². The second-order valence-electron chi connectivity index (χ2n) is 5.97. The van der Waals surface area contributed by atoms with Crippen LogP contribution in [0.3, 0.4) is 0 Å². The third-order valence-corrected chi connectivity index (χ3v) is 4.79. The highest BCUT2D eigenvalue weighted by atomic mass is 32.2. The van der Waals surface area contributed by atoms with Crippen molar-refractivity contribution in [1.82, 2.24) is 15.0 Å². The summed E-state index contributed by atoms with van der Waals surface area (Å²) in [5.74, 6) is -0.242. The largest absolute Gasteiger partial charge is 0.314 e. The quantitative estimate of drug-likeness (QED) is 0.408. The molecule has 0 aliphatic heterocycles. The van der Waals surface area contributed by atoms with Gasteiger partial charge < -0.3 is 10.6 Å². The van der Waals surface area contributed by atoms with Crippen LogP contribution in [0.1, 0.15) is 29.3 Å². The highest BCUT2D eigenvalue weighted by Gasteiger charge is 2.17. The number of H-pyrrole nitrogens is 1. The van der Waals surface area contributed by atoms with Crippen molar-refractivity contribution in [1.29, 1.82) is 0 Å². The fourth-order valence-corrected chi connectivity index (χ4v) is 3.15. The van der Waals surface area contributed by atoms with Crippen LogP contribution < -0.4 is 16.2 Å². The summed E-state index contributed by atoms with van der Waals surface area (Å²) in [6, 6.07) is 12.2. The lowest BCUT2D eigenvalue weighted by atomic mass is 10.2. The van der Waals surface area contributed by atoms with Crippen LogP contribution in [-0.2, 0) is 10.5 Å². The van der Waals surface area contributed by atoms with E-state index >= 15 is 0 Å². The zero-order valence-electron chi connectivity index (χ0n) is 15.6. The molecule has 0 saturated carbocycles. The summed E-state index contributed by atoms with van der Waals surface area (Å²) in [7, 11) is 0. The lowest BCUT2D eigenvalue weighted by Crippen LogP contribution is -2.25. The Kier molecular flexibility index (Phi) is 6.75. The van der Waals surface area contributed by atoms with Gasteiger partial charge in [-0.2, -0.15) is 0 Å². The number of rotatable bonds is 7. The molecule has 1 aromatic carbocycles. The third kappa shape index (κ3) is 5.52. The Morgan fingerprint density at radius 2 is 1.90 bits per heavy atom. The topological polar surface area (TPSA) is 117 Å². The van der Waals surface area contributed by atoms with E-state index in [0.717, 1.165) is 5.56 Å². The summed E-state index contributed by atoms with van der Waals surface area (Å²) >= 11 is 1.29. The summed E-state index contributed by atoms with van der Waals surface area (Å²) < 4.78 is 0. The van der Waals surface area contributed by atoms with Gasteiger partial charge in [0.1, 0.15) is 0 Å². The van der Waals surface area contributed by atoms with E-state index in [4.69, 9.17) is 0 Å². The number of thioether (sulfide) groups is 1. The Morgan fingerprint density at radius 1 is 1.10 bits per heavy atom. The maximum atomic E-state index is 12.6. The van der Waals surface area contributed by atoms with Crippen molar-refractivity contribution < 1.29 is 9.59 Å². The molecule has 3 rings (SSSR count). The normalized spacial score (nSPS) is 10.4. The van der Waals surface area contributed by atoms with Gasteiger partial charge in [-0.05, 0) is 23.8 Å². The fraction of sp³-hybridized carbons (Fsp3) is 0.150. The predicted molar refractivity (Wildman–Crippen MR) is 112 cm³/mol. The van der Waals surface area contributed by atoms with Crippen molar-refractivity contribution in [3.05, 3.63) is 76.3 Å². The molecule has 8 nitrogen and oxygen atoms in total. The van der Waals surface area contributed by atoms with Crippen LogP contribution in [0.25, 0.3) is 0 Å². The minimum Gasteiger partial charge on any atom is -0.314 e. The molecule has 29 heavy (non-hydrogen) atoms. The number of pyridine rings is 1. The summed E-state index contributed by atoms with van der Waals surface area (Å²) in [5.41, 5.74) is 0.686. The van der Waals surface area contributed by atoms with E-state index in [1.807, 2.05) is 12.1 Å². The smallest absolute Gasteiger partial charge is 0.277 e. The number of benzene rings is 1. The van der Waals surface area contributed by atoms with Gasteiger partial charge in [0.05, 0.1) is 0 Å². The number of aromatic nitrogens is 3. The predicted octanol–water partition coefficient (Wildman–Crippen LogP) is 3.06. The fourth-order valence-electron chi connectivity index (χ4n) is 2.36. The molecule has 9 heteroatoms. The number of hydrogen-bond donors (Lipinski definition) is 3. The molecule has 2 aromatic heterocycles. The van der Waals surface area contributed by atoms with Crippen molar-refractivity contribution in [2.24, 2.45) is 0 Å². The molecule has 0 bridgehead atoms. The van der Waals surface area contributed by atoms with Gasteiger partial charge >= 0.3 is 0 Å². The first kappa shape index (κ1) is 20.3. The monoisotopic (exact) mass is 409 g/mol. The Balaban J connectivity index is 1.87. The van der Waals surface area contributed by atoms with Crippen LogP contribution in [0.4, 0.5) is 11.5 Å². The number of amides is 2. The van der Waals surface area contributed by atoms with E-state index in [9.17, 15) is 14.4 Å². The van der Waals surface area contributed by atoms with Crippen LogP contribution in [-0.4, -0.2) is 26.8 Å². The summed E-state index contributed by atoms with van der Waals surface area (Å²) in [6.45, 7) is 1.68. The lowest BCUT2D eigenvalue weighted by molar-refractivity contribution is -0.115. The maximum absolute atomic E-state index is 12.6. The molecule has 2 heterocycles. The van der Waals surface area contributed by atoms with Crippen molar-refractivity contribution >= 4 is 35.1 Å². The SMILES string of the molecule is CCC(=O)Nc1nc(SCc2cccnc2)[nH]c(=O)c1NC(=O)c1ccccc1. The highest BCUT2D eigenvalue weighted by Crippen LogP contribution is 2.22. The van der Waals surface area contributed by atoms with Crippen LogP contribution in [0.2, 0.25) is 0 Å². The van der Waals surface area contributed by atoms with Gasteiger partial charge in [0.2, 0.25) is 5.91 Å². The average Bonchev–Trinajstić information content (AvgIpc) is 2.75. The first-order chi connectivity index (χ1) is 14.1. The van der Waals surface area contributed by atoms with Gasteiger partial charge in [-0.25, -0.2) is 4.98 Å². The first-order valence-corrected chi connectivity index (χ1v) is 9.87. The molecule has 0 spiro atoms. The molecule has 0 radical (unpaired) electrons. The minimum atomic E-state index is -0.552. The molecule has 0 saturated heterocycles. The Labute approximate surface area is 171 Å². The van der Waals surface area contributed by atoms with Crippen molar-refractivity contribution in [3.8, 4) is 0 Å². The van der Waals surface area contributed by atoms with E-state index in [1.165, 1.54) is 11.8 Å². The van der Waals surface area contributed by atoms with Gasteiger partial charge in [0.15, 0.2) is 16.7 Å². The number of hydrogen-bond acceptors (Lipinski definition) is 6. The summed E-state index contributed by atoms with van der Waals surface area (Å²) in [6.07, 6.45) is 3.61. The van der Waals surface area contributed by atoms with E-state index in [1.54, 1.807) is 49.6 Å². The van der Waals surface area contributed by atoms with Crippen molar-refractivity contribution in [3.63, 3.8) is 0 Å². The molecule has 0 unspecified atom stereocenters. The van der Waals surface area contributed by atoms with Crippen molar-refractivity contribution in [2.45, 2.75) is 24.3 Å². The zero-order chi connectivity index (χ0) is 20.6. The summed E-state index contributed by atoms with van der Waals surface area (Å²) in [4.78, 5) is 48.0.